The predicted octanol–water partition coefficient (Wildman–Crippen LogP) is 2.08. The van der Waals surface area contributed by atoms with Crippen molar-refractivity contribution >= 4 is 12.0 Å². The van der Waals surface area contributed by atoms with Gasteiger partial charge in [0.2, 0.25) is 0 Å². The standard InChI is InChI=1S/C13H26N2O3/c1-8(2)6-11(12(16)17)15-13(18)14-7-10(5)9(3)4/h8-11H,6-7H2,1-5H3,(H,16,17)(H2,14,15,18). The molecule has 0 saturated heterocycles. The molecule has 0 fully saturated rings. The summed E-state index contributed by atoms with van der Waals surface area (Å²) < 4.78 is 0. The highest BCUT2D eigenvalue weighted by atomic mass is 16.4. The fourth-order valence-electron chi connectivity index (χ4n) is 1.39. The van der Waals surface area contributed by atoms with Crippen molar-refractivity contribution < 1.29 is 14.7 Å². The molecule has 0 radical (unpaired) electrons. The number of nitrogens with one attached hydrogen (secondary N) is 2. The van der Waals surface area contributed by atoms with Crippen molar-refractivity contribution in [2.45, 2.75) is 47.1 Å². The molecule has 0 aliphatic rings. The number of aliphatic carboxylic acids is 1. The first-order valence-electron chi connectivity index (χ1n) is 6.51. The molecule has 0 bridgehead atoms. The van der Waals surface area contributed by atoms with Crippen LogP contribution in [0.5, 0.6) is 0 Å². The summed E-state index contributed by atoms with van der Waals surface area (Å²) in [4.78, 5) is 22.6. The zero-order chi connectivity index (χ0) is 14.3. The highest BCUT2D eigenvalue weighted by Gasteiger charge is 2.21. The fourth-order valence-corrected chi connectivity index (χ4v) is 1.39. The summed E-state index contributed by atoms with van der Waals surface area (Å²) in [5, 5.41) is 14.2. The van der Waals surface area contributed by atoms with Gasteiger partial charge in [-0.05, 0) is 24.2 Å². The van der Waals surface area contributed by atoms with E-state index in [1.54, 1.807) is 0 Å². The summed E-state index contributed by atoms with van der Waals surface area (Å²) in [5.41, 5.74) is 0. The molecular weight excluding hydrogens is 232 g/mol. The Morgan fingerprint density at radius 3 is 2.06 bits per heavy atom. The molecule has 0 saturated carbocycles. The number of rotatable bonds is 7. The Morgan fingerprint density at radius 2 is 1.67 bits per heavy atom. The average molecular weight is 258 g/mol. The zero-order valence-electron chi connectivity index (χ0n) is 12.0. The van der Waals surface area contributed by atoms with Gasteiger partial charge in [0.15, 0.2) is 0 Å². The van der Waals surface area contributed by atoms with Crippen molar-refractivity contribution in [3.8, 4) is 0 Å². The van der Waals surface area contributed by atoms with E-state index in [0.29, 0.717) is 24.8 Å². The third-order valence-corrected chi connectivity index (χ3v) is 3.03. The zero-order valence-corrected chi connectivity index (χ0v) is 12.0. The maximum atomic E-state index is 11.6. The van der Waals surface area contributed by atoms with Gasteiger partial charge in [-0.2, -0.15) is 0 Å². The number of urea groups is 1. The SMILES string of the molecule is CC(C)CC(NC(=O)NCC(C)C(C)C)C(=O)O. The van der Waals surface area contributed by atoms with E-state index in [-0.39, 0.29) is 5.92 Å². The molecule has 0 aliphatic carbocycles. The van der Waals surface area contributed by atoms with Gasteiger partial charge in [-0.25, -0.2) is 9.59 Å². The number of hydrogen-bond donors (Lipinski definition) is 3. The minimum atomic E-state index is -0.990. The normalized spacial score (nSPS) is 14.4. The lowest BCUT2D eigenvalue weighted by molar-refractivity contribution is -0.139. The average Bonchev–Trinajstić information content (AvgIpc) is 2.23. The van der Waals surface area contributed by atoms with E-state index in [9.17, 15) is 9.59 Å². The third-order valence-electron chi connectivity index (χ3n) is 3.03. The van der Waals surface area contributed by atoms with Crippen LogP contribution in [0.3, 0.4) is 0 Å². The monoisotopic (exact) mass is 258 g/mol. The summed E-state index contributed by atoms with van der Waals surface area (Å²) in [6.07, 6.45) is 0.433. The Labute approximate surface area is 109 Å². The first-order valence-corrected chi connectivity index (χ1v) is 6.51. The molecule has 2 amide bonds. The van der Waals surface area contributed by atoms with Crippen molar-refractivity contribution in [2.24, 2.45) is 17.8 Å². The summed E-state index contributed by atoms with van der Waals surface area (Å²) in [7, 11) is 0. The Bertz CT molecular complexity index is 277. The minimum Gasteiger partial charge on any atom is -0.480 e. The van der Waals surface area contributed by atoms with Gasteiger partial charge >= 0.3 is 12.0 Å². The topological polar surface area (TPSA) is 78.4 Å². The summed E-state index contributed by atoms with van der Waals surface area (Å²) >= 11 is 0. The van der Waals surface area contributed by atoms with Crippen molar-refractivity contribution in [3.05, 3.63) is 0 Å². The van der Waals surface area contributed by atoms with Crippen LogP contribution in [-0.4, -0.2) is 29.7 Å². The summed E-state index contributed by atoms with van der Waals surface area (Å²) in [6.45, 7) is 10.6. The highest BCUT2D eigenvalue weighted by Crippen LogP contribution is 2.08. The lowest BCUT2D eigenvalue weighted by atomic mass is 9.98. The molecule has 0 aliphatic heterocycles. The molecule has 2 atom stereocenters. The number of carboxylic acids is 1. The summed E-state index contributed by atoms with van der Waals surface area (Å²) in [5.74, 6) is 0.0807. The Hall–Kier alpha value is -1.26. The molecule has 0 aromatic rings. The molecule has 0 aromatic carbocycles. The van der Waals surface area contributed by atoms with Crippen molar-refractivity contribution in [1.82, 2.24) is 10.6 Å². The van der Waals surface area contributed by atoms with Gasteiger partial charge < -0.3 is 15.7 Å². The fraction of sp³-hybridized carbons (Fsp3) is 0.846. The third kappa shape index (κ3) is 7.14. The maximum absolute atomic E-state index is 11.6. The Kier molecular flexibility index (Phi) is 7.39. The van der Waals surface area contributed by atoms with Gasteiger partial charge in [0.05, 0.1) is 0 Å². The van der Waals surface area contributed by atoms with Gasteiger partial charge in [-0.3, -0.25) is 0 Å². The molecule has 0 heterocycles. The van der Waals surface area contributed by atoms with Crippen LogP contribution < -0.4 is 10.6 Å². The Morgan fingerprint density at radius 1 is 1.11 bits per heavy atom. The van der Waals surface area contributed by atoms with Crippen LogP contribution in [0.15, 0.2) is 0 Å². The van der Waals surface area contributed by atoms with Crippen LogP contribution in [0.1, 0.15) is 41.0 Å². The predicted molar refractivity (Wildman–Crippen MR) is 71.4 cm³/mol. The van der Waals surface area contributed by atoms with Crippen LogP contribution in [0.2, 0.25) is 0 Å². The number of carbonyl (C=O) groups is 2. The van der Waals surface area contributed by atoms with E-state index in [4.69, 9.17) is 5.11 Å². The Balaban J connectivity index is 4.14. The molecule has 0 aromatic heterocycles. The second kappa shape index (κ2) is 7.95. The van der Waals surface area contributed by atoms with Crippen molar-refractivity contribution in [1.29, 1.82) is 0 Å². The largest absolute Gasteiger partial charge is 0.480 e. The van der Waals surface area contributed by atoms with E-state index < -0.39 is 18.0 Å². The second-order valence-corrected chi connectivity index (χ2v) is 5.60. The smallest absolute Gasteiger partial charge is 0.326 e. The molecular formula is C13H26N2O3. The van der Waals surface area contributed by atoms with Gasteiger partial charge in [-0.1, -0.05) is 34.6 Å². The first-order chi connectivity index (χ1) is 8.23. The molecule has 5 nitrogen and oxygen atoms in total. The maximum Gasteiger partial charge on any atom is 0.326 e. The second-order valence-electron chi connectivity index (χ2n) is 5.60. The lowest BCUT2D eigenvalue weighted by Crippen LogP contribution is -2.47. The molecule has 18 heavy (non-hydrogen) atoms. The number of hydrogen-bond acceptors (Lipinski definition) is 2. The molecule has 106 valence electrons. The van der Waals surface area contributed by atoms with Gasteiger partial charge in [0.25, 0.3) is 0 Å². The van der Waals surface area contributed by atoms with Crippen LogP contribution in [0.25, 0.3) is 0 Å². The van der Waals surface area contributed by atoms with Crippen molar-refractivity contribution in [2.75, 3.05) is 6.54 Å². The first kappa shape index (κ1) is 16.7. The van der Waals surface area contributed by atoms with Crippen LogP contribution in [-0.2, 0) is 4.79 Å². The summed E-state index contributed by atoms with van der Waals surface area (Å²) in [6, 6.07) is -1.23. The van der Waals surface area contributed by atoms with E-state index in [1.807, 2.05) is 20.8 Å². The van der Waals surface area contributed by atoms with E-state index in [1.165, 1.54) is 0 Å². The van der Waals surface area contributed by atoms with E-state index in [2.05, 4.69) is 24.5 Å². The van der Waals surface area contributed by atoms with Gasteiger partial charge in [0.1, 0.15) is 6.04 Å². The number of carboxylic acid groups (broad SMARTS) is 1. The van der Waals surface area contributed by atoms with Crippen LogP contribution in [0.4, 0.5) is 4.79 Å². The lowest BCUT2D eigenvalue weighted by Gasteiger charge is -2.19. The highest BCUT2D eigenvalue weighted by molar-refractivity contribution is 5.82. The number of carbonyl (C=O) groups excluding carboxylic acids is 1. The van der Waals surface area contributed by atoms with Crippen LogP contribution >= 0.6 is 0 Å². The van der Waals surface area contributed by atoms with Gasteiger partial charge in [-0.15, -0.1) is 0 Å². The minimum absolute atomic E-state index is 0.223. The van der Waals surface area contributed by atoms with Crippen LogP contribution in [0, 0.1) is 17.8 Å². The van der Waals surface area contributed by atoms with E-state index >= 15 is 0 Å². The molecule has 3 N–H and O–H groups in total. The molecule has 0 spiro atoms. The number of amides is 2. The molecule has 0 rings (SSSR count). The molecule has 5 heteroatoms. The van der Waals surface area contributed by atoms with Crippen molar-refractivity contribution in [3.63, 3.8) is 0 Å². The van der Waals surface area contributed by atoms with E-state index in [0.717, 1.165) is 0 Å². The van der Waals surface area contributed by atoms with Gasteiger partial charge in [0, 0.05) is 6.54 Å². The quantitative estimate of drug-likeness (QED) is 0.654. The molecule has 2 unspecified atom stereocenters.